The van der Waals surface area contributed by atoms with Crippen molar-refractivity contribution < 1.29 is 9.05 Å². The van der Waals surface area contributed by atoms with Gasteiger partial charge in [0, 0.05) is 25.1 Å². The summed E-state index contributed by atoms with van der Waals surface area (Å²) in [6, 6.07) is 3.98. The summed E-state index contributed by atoms with van der Waals surface area (Å²) in [5.74, 6) is 3.05. The zero-order valence-electron chi connectivity index (χ0n) is 16.2. The third-order valence-electron chi connectivity index (χ3n) is 4.23. The first-order chi connectivity index (χ1) is 12.1. The van der Waals surface area contributed by atoms with Gasteiger partial charge in [0.1, 0.15) is 0 Å². The van der Waals surface area contributed by atoms with Crippen molar-refractivity contribution in [1.82, 2.24) is 20.9 Å². The standard InChI is InChI=1S/C18H29N5O2.HI/c1-6-13(7-2)17-9-15(25-23-17)11-21-18(19-5)20-10-14-8-16(12(3)4)22-24-14;/h8-9,12-13H,6-7,10-11H2,1-5H3,(H2,19,20,21);1H. The SMILES string of the molecule is CCC(CC)c1cc(CNC(=NC)NCc2cc(C(C)C)no2)on1.I. The van der Waals surface area contributed by atoms with Gasteiger partial charge < -0.3 is 19.7 Å². The summed E-state index contributed by atoms with van der Waals surface area (Å²) >= 11 is 0. The second kappa shape index (κ2) is 11.2. The van der Waals surface area contributed by atoms with Crippen molar-refractivity contribution in [3.05, 3.63) is 35.0 Å². The van der Waals surface area contributed by atoms with Gasteiger partial charge in [0.05, 0.1) is 24.5 Å². The number of hydrogen-bond donors (Lipinski definition) is 2. The van der Waals surface area contributed by atoms with Crippen LogP contribution in [0, 0.1) is 0 Å². The number of aromatic nitrogens is 2. The molecule has 0 radical (unpaired) electrons. The highest BCUT2D eigenvalue weighted by molar-refractivity contribution is 14.0. The first kappa shape index (κ1) is 22.5. The van der Waals surface area contributed by atoms with Gasteiger partial charge in [0.15, 0.2) is 17.5 Å². The van der Waals surface area contributed by atoms with Crippen molar-refractivity contribution in [2.75, 3.05) is 7.05 Å². The number of guanidine groups is 1. The Morgan fingerprint density at radius 2 is 1.50 bits per heavy atom. The predicted molar refractivity (Wildman–Crippen MR) is 113 cm³/mol. The Balaban J connectivity index is 0.00000338. The third-order valence-corrected chi connectivity index (χ3v) is 4.23. The number of hydrogen-bond acceptors (Lipinski definition) is 5. The van der Waals surface area contributed by atoms with E-state index in [0.717, 1.165) is 35.7 Å². The summed E-state index contributed by atoms with van der Waals surface area (Å²) in [5.41, 5.74) is 1.97. The van der Waals surface area contributed by atoms with E-state index in [1.807, 2.05) is 12.1 Å². The van der Waals surface area contributed by atoms with E-state index in [2.05, 4.69) is 53.6 Å². The lowest BCUT2D eigenvalue weighted by atomic mass is 9.99. The minimum Gasteiger partial charge on any atom is -0.359 e. The van der Waals surface area contributed by atoms with Gasteiger partial charge in [-0.2, -0.15) is 0 Å². The van der Waals surface area contributed by atoms with E-state index < -0.39 is 0 Å². The van der Waals surface area contributed by atoms with Crippen LogP contribution in [-0.4, -0.2) is 23.3 Å². The van der Waals surface area contributed by atoms with Crippen LogP contribution in [0.5, 0.6) is 0 Å². The van der Waals surface area contributed by atoms with Crippen molar-refractivity contribution in [2.24, 2.45) is 4.99 Å². The lowest BCUT2D eigenvalue weighted by Gasteiger charge is -2.09. The molecule has 0 unspecified atom stereocenters. The van der Waals surface area contributed by atoms with Gasteiger partial charge in [-0.1, -0.05) is 38.0 Å². The molecule has 146 valence electrons. The minimum absolute atomic E-state index is 0. The molecule has 2 aromatic heterocycles. The van der Waals surface area contributed by atoms with Crippen LogP contribution in [-0.2, 0) is 13.1 Å². The molecular formula is C18H30IN5O2. The first-order valence-corrected chi connectivity index (χ1v) is 8.92. The number of halogens is 1. The molecule has 2 heterocycles. The van der Waals surface area contributed by atoms with Crippen molar-refractivity contribution >= 4 is 29.9 Å². The maximum Gasteiger partial charge on any atom is 0.191 e. The Kier molecular flexibility index (Phi) is 9.68. The topological polar surface area (TPSA) is 88.5 Å². The maximum absolute atomic E-state index is 5.41. The zero-order valence-corrected chi connectivity index (χ0v) is 18.5. The van der Waals surface area contributed by atoms with E-state index in [0.29, 0.717) is 30.9 Å². The fraction of sp³-hybridized carbons (Fsp3) is 0.611. The summed E-state index contributed by atoms with van der Waals surface area (Å²) in [6.45, 7) is 9.56. The highest BCUT2D eigenvalue weighted by atomic mass is 127. The molecule has 2 aromatic rings. The minimum atomic E-state index is 0. The molecule has 0 aliphatic heterocycles. The summed E-state index contributed by atoms with van der Waals surface area (Å²) in [7, 11) is 1.73. The van der Waals surface area contributed by atoms with Crippen molar-refractivity contribution in [3.8, 4) is 0 Å². The molecule has 0 saturated carbocycles. The fourth-order valence-electron chi connectivity index (χ4n) is 2.56. The molecule has 0 aliphatic rings. The monoisotopic (exact) mass is 475 g/mol. The van der Waals surface area contributed by atoms with E-state index in [9.17, 15) is 0 Å². The van der Waals surface area contributed by atoms with Crippen LogP contribution >= 0.6 is 24.0 Å². The second-order valence-electron chi connectivity index (χ2n) is 6.38. The lowest BCUT2D eigenvalue weighted by molar-refractivity contribution is 0.366. The number of nitrogens with one attached hydrogen (secondary N) is 2. The molecule has 2 rings (SSSR count). The summed E-state index contributed by atoms with van der Waals surface area (Å²) in [5, 5.41) is 14.6. The Morgan fingerprint density at radius 3 is 1.92 bits per heavy atom. The van der Waals surface area contributed by atoms with Crippen molar-refractivity contribution in [2.45, 2.75) is 65.5 Å². The molecule has 0 spiro atoms. The van der Waals surface area contributed by atoms with Gasteiger partial charge in [-0.15, -0.1) is 24.0 Å². The first-order valence-electron chi connectivity index (χ1n) is 8.92. The molecule has 2 N–H and O–H groups in total. The fourth-order valence-corrected chi connectivity index (χ4v) is 2.56. The quantitative estimate of drug-likeness (QED) is 0.339. The molecular weight excluding hydrogens is 445 g/mol. The number of nitrogens with zero attached hydrogens (tertiary/aromatic N) is 3. The summed E-state index contributed by atoms with van der Waals surface area (Å²) in [4.78, 5) is 4.20. The molecule has 7 nitrogen and oxygen atoms in total. The molecule has 0 aliphatic carbocycles. The lowest BCUT2D eigenvalue weighted by Crippen LogP contribution is -2.36. The molecule has 0 saturated heterocycles. The average molecular weight is 475 g/mol. The van der Waals surface area contributed by atoms with Crippen molar-refractivity contribution in [3.63, 3.8) is 0 Å². The molecule has 0 amide bonds. The van der Waals surface area contributed by atoms with E-state index >= 15 is 0 Å². The molecule has 0 bridgehead atoms. The molecule has 8 heteroatoms. The van der Waals surface area contributed by atoms with Crippen molar-refractivity contribution in [1.29, 1.82) is 0 Å². The second-order valence-corrected chi connectivity index (χ2v) is 6.38. The van der Waals surface area contributed by atoms with E-state index in [1.165, 1.54) is 0 Å². The predicted octanol–water partition coefficient (Wildman–Crippen LogP) is 4.17. The van der Waals surface area contributed by atoms with Gasteiger partial charge in [-0.25, -0.2) is 0 Å². The Morgan fingerprint density at radius 1 is 1.00 bits per heavy atom. The normalized spacial score (nSPS) is 11.7. The van der Waals surface area contributed by atoms with Gasteiger partial charge in [-0.05, 0) is 18.8 Å². The van der Waals surface area contributed by atoms with E-state index in [-0.39, 0.29) is 24.0 Å². The third kappa shape index (κ3) is 6.30. The Hall–Kier alpha value is -1.58. The Bertz CT molecular complexity index is 677. The summed E-state index contributed by atoms with van der Waals surface area (Å²) < 4.78 is 10.7. The van der Waals surface area contributed by atoms with E-state index in [1.54, 1.807) is 7.05 Å². The van der Waals surface area contributed by atoms with Crippen LogP contribution in [0.15, 0.2) is 26.2 Å². The smallest absolute Gasteiger partial charge is 0.191 e. The molecule has 26 heavy (non-hydrogen) atoms. The summed E-state index contributed by atoms with van der Waals surface area (Å²) in [6.07, 6.45) is 2.13. The van der Waals surface area contributed by atoms with Crippen LogP contribution < -0.4 is 10.6 Å². The molecule has 0 atom stereocenters. The van der Waals surface area contributed by atoms with Gasteiger partial charge >= 0.3 is 0 Å². The maximum atomic E-state index is 5.41. The van der Waals surface area contributed by atoms with Crippen LogP contribution in [0.4, 0.5) is 0 Å². The van der Waals surface area contributed by atoms with Crippen LogP contribution in [0.2, 0.25) is 0 Å². The van der Waals surface area contributed by atoms with Crippen LogP contribution in [0.1, 0.15) is 75.3 Å². The number of aliphatic imine (C=N–C) groups is 1. The number of rotatable bonds is 8. The zero-order chi connectivity index (χ0) is 18.2. The van der Waals surface area contributed by atoms with E-state index in [4.69, 9.17) is 9.05 Å². The van der Waals surface area contributed by atoms with Crippen LogP contribution in [0.3, 0.4) is 0 Å². The Labute approximate surface area is 172 Å². The molecule has 0 aromatic carbocycles. The average Bonchev–Trinajstić information content (AvgIpc) is 3.26. The highest BCUT2D eigenvalue weighted by Gasteiger charge is 2.13. The van der Waals surface area contributed by atoms with Gasteiger partial charge in [-0.3, -0.25) is 4.99 Å². The van der Waals surface area contributed by atoms with Gasteiger partial charge in [0.25, 0.3) is 0 Å². The van der Waals surface area contributed by atoms with Crippen LogP contribution in [0.25, 0.3) is 0 Å². The largest absolute Gasteiger partial charge is 0.359 e. The highest BCUT2D eigenvalue weighted by Crippen LogP contribution is 2.22. The molecule has 0 fully saturated rings. The van der Waals surface area contributed by atoms with Gasteiger partial charge in [0.2, 0.25) is 0 Å².